The van der Waals surface area contributed by atoms with Gasteiger partial charge in [-0.05, 0) is 31.7 Å². The summed E-state index contributed by atoms with van der Waals surface area (Å²) in [5.41, 5.74) is 1.14. The van der Waals surface area contributed by atoms with Crippen molar-refractivity contribution >= 4 is 29.9 Å². The fourth-order valence-electron chi connectivity index (χ4n) is 2.12. The van der Waals surface area contributed by atoms with Gasteiger partial charge >= 0.3 is 0 Å². The Morgan fingerprint density at radius 1 is 1.16 bits per heavy atom. The summed E-state index contributed by atoms with van der Waals surface area (Å²) in [6, 6.07) is 8.15. The fourth-order valence-corrected chi connectivity index (χ4v) is 2.12. The van der Waals surface area contributed by atoms with Crippen molar-refractivity contribution in [1.29, 1.82) is 0 Å². The first kappa shape index (κ1) is 24.0. The predicted octanol–water partition coefficient (Wildman–Crippen LogP) is 3.82. The molecule has 0 atom stereocenters. The van der Waals surface area contributed by atoms with Gasteiger partial charge in [-0.25, -0.2) is 0 Å². The average Bonchev–Trinajstić information content (AvgIpc) is 2.58. The van der Waals surface area contributed by atoms with Crippen LogP contribution in [0.25, 0.3) is 0 Å². The Morgan fingerprint density at radius 3 is 2.60 bits per heavy atom. The number of hydrogen-bond acceptors (Lipinski definition) is 3. The fraction of sp³-hybridized carbons (Fsp3) is 0.632. The van der Waals surface area contributed by atoms with Gasteiger partial charge in [0.1, 0.15) is 5.75 Å². The van der Waals surface area contributed by atoms with Crippen molar-refractivity contribution in [2.45, 2.75) is 40.2 Å². The highest BCUT2D eigenvalue weighted by atomic mass is 127. The van der Waals surface area contributed by atoms with Gasteiger partial charge in [-0.2, -0.15) is 0 Å². The van der Waals surface area contributed by atoms with Crippen LogP contribution in [0.5, 0.6) is 5.75 Å². The molecule has 0 unspecified atom stereocenters. The minimum atomic E-state index is 0. The van der Waals surface area contributed by atoms with Crippen LogP contribution in [0.2, 0.25) is 0 Å². The highest BCUT2D eigenvalue weighted by Gasteiger charge is 2.05. The van der Waals surface area contributed by atoms with Gasteiger partial charge in [0.05, 0.1) is 6.61 Å². The molecule has 0 amide bonds. The Balaban J connectivity index is 0.00000576. The summed E-state index contributed by atoms with van der Waals surface area (Å²) in [5.74, 6) is 2.39. The SMILES string of the molecule is CCOCCCNC(=NC)NCc1ccccc1OCCC(C)C.I. The third-order valence-corrected chi connectivity index (χ3v) is 3.56. The van der Waals surface area contributed by atoms with Crippen LogP contribution in [0.4, 0.5) is 0 Å². The lowest BCUT2D eigenvalue weighted by Gasteiger charge is -2.15. The number of hydrogen-bond donors (Lipinski definition) is 2. The zero-order valence-electron chi connectivity index (χ0n) is 16.0. The number of guanidine groups is 1. The third-order valence-electron chi connectivity index (χ3n) is 3.56. The first-order chi connectivity index (χ1) is 11.7. The molecule has 25 heavy (non-hydrogen) atoms. The Hall–Kier alpha value is -1.02. The normalized spacial score (nSPS) is 11.2. The van der Waals surface area contributed by atoms with E-state index in [2.05, 4.69) is 35.5 Å². The maximum absolute atomic E-state index is 5.92. The summed E-state index contributed by atoms with van der Waals surface area (Å²) in [6.45, 7) is 10.2. The van der Waals surface area contributed by atoms with E-state index in [-0.39, 0.29) is 24.0 Å². The number of nitrogens with zero attached hydrogens (tertiary/aromatic N) is 1. The van der Waals surface area contributed by atoms with Crippen molar-refractivity contribution in [3.8, 4) is 5.75 Å². The molecule has 0 aliphatic carbocycles. The largest absolute Gasteiger partial charge is 0.493 e. The quantitative estimate of drug-likeness (QED) is 0.227. The van der Waals surface area contributed by atoms with Crippen LogP contribution in [0.1, 0.15) is 39.2 Å². The van der Waals surface area contributed by atoms with E-state index in [0.717, 1.165) is 56.5 Å². The molecular weight excluding hydrogens is 429 g/mol. The molecule has 0 spiro atoms. The van der Waals surface area contributed by atoms with Gasteiger partial charge < -0.3 is 20.1 Å². The van der Waals surface area contributed by atoms with Crippen LogP contribution < -0.4 is 15.4 Å². The number of para-hydroxylation sites is 1. The standard InChI is InChI=1S/C19H33N3O2.HI/c1-5-23-13-8-12-21-19(20-4)22-15-17-9-6-7-10-18(17)24-14-11-16(2)3;/h6-7,9-10,16H,5,8,11-15H2,1-4H3,(H2,20,21,22);1H. The summed E-state index contributed by atoms with van der Waals surface area (Å²) in [6.07, 6.45) is 2.02. The minimum absolute atomic E-state index is 0. The summed E-state index contributed by atoms with van der Waals surface area (Å²) in [5, 5.41) is 6.63. The number of ether oxygens (including phenoxy) is 2. The van der Waals surface area contributed by atoms with Gasteiger partial charge in [-0.1, -0.05) is 32.0 Å². The van der Waals surface area contributed by atoms with Gasteiger partial charge in [-0.3, -0.25) is 4.99 Å². The van der Waals surface area contributed by atoms with Crippen LogP contribution in [-0.4, -0.2) is 39.4 Å². The number of benzene rings is 1. The van der Waals surface area contributed by atoms with Gasteiger partial charge in [0, 0.05) is 38.9 Å². The molecule has 0 fully saturated rings. The lowest BCUT2D eigenvalue weighted by atomic mass is 10.1. The molecule has 0 bridgehead atoms. The molecule has 0 aliphatic rings. The topological polar surface area (TPSA) is 54.9 Å². The molecule has 1 aromatic rings. The molecule has 144 valence electrons. The maximum Gasteiger partial charge on any atom is 0.191 e. The summed E-state index contributed by atoms with van der Waals surface area (Å²) >= 11 is 0. The molecule has 0 saturated carbocycles. The molecule has 1 rings (SSSR count). The highest BCUT2D eigenvalue weighted by Crippen LogP contribution is 2.18. The first-order valence-corrected chi connectivity index (χ1v) is 8.90. The van der Waals surface area contributed by atoms with Crippen molar-refractivity contribution in [1.82, 2.24) is 10.6 Å². The van der Waals surface area contributed by atoms with Crippen molar-refractivity contribution < 1.29 is 9.47 Å². The molecule has 6 heteroatoms. The van der Waals surface area contributed by atoms with E-state index in [4.69, 9.17) is 9.47 Å². The highest BCUT2D eigenvalue weighted by molar-refractivity contribution is 14.0. The monoisotopic (exact) mass is 463 g/mol. The van der Waals surface area contributed by atoms with E-state index >= 15 is 0 Å². The van der Waals surface area contributed by atoms with Crippen molar-refractivity contribution in [3.05, 3.63) is 29.8 Å². The molecule has 1 aromatic carbocycles. The van der Waals surface area contributed by atoms with E-state index in [1.165, 1.54) is 0 Å². The lowest BCUT2D eigenvalue weighted by Crippen LogP contribution is -2.37. The van der Waals surface area contributed by atoms with Gasteiger partial charge in [-0.15, -0.1) is 24.0 Å². The molecule has 0 aliphatic heterocycles. The Labute approximate surface area is 170 Å². The summed E-state index contributed by atoms with van der Waals surface area (Å²) in [4.78, 5) is 4.25. The maximum atomic E-state index is 5.92. The lowest BCUT2D eigenvalue weighted by molar-refractivity contribution is 0.145. The second kappa shape index (κ2) is 15.3. The number of halogens is 1. The minimum Gasteiger partial charge on any atom is -0.493 e. The van der Waals surface area contributed by atoms with E-state index in [9.17, 15) is 0 Å². The summed E-state index contributed by atoms with van der Waals surface area (Å²) in [7, 11) is 1.78. The first-order valence-electron chi connectivity index (χ1n) is 8.90. The average molecular weight is 463 g/mol. The second-order valence-electron chi connectivity index (χ2n) is 6.04. The van der Waals surface area contributed by atoms with E-state index < -0.39 is 0 Å². The number of rotatable bonds is 11. The molecule has 2 N–H and O–H groups in total. The zero-order valence-corrected chi connectivity index (χ0v) is 18.3. The summed E-state index contributed by atoms with van der Waals surface area (Å²) < 4.78 is 11.3. The van der Waals surface area contributed by atoms with Crippen LogP contribution in [0.3, 0.4) is 0 Å². The molecular formula is C19H34IN3O2. The predicted molar refractivity (Wildman–Crippen MR) is 116 cm³/mol. The molecule has 5 nitrogen and oxygen atoms in total. The molecule has 0 heterocycles. The molecule has 0 aromatic heterocycles. The van der Waals surface area contributed by atoms with Gasteiger partial charge in [0.2, 0.25) is 0 Å². The van der Waals surface area contributed by atoms with E-state index in [0.29, 0.717) is 12.5 Å². The molecule has 0 radical (unpaired) electrons. The number of aliphatic imine (C=N–C) groups is 1. The van der Waals surface area contributed by atoms with Gasteiger partial charge in [0.25, 0.3) is 0 Å². The van der Waals surface area contributed by atoms with Crippen molar-refractivity contribution in [3.63, 3.8) is 0 Å². The van der Waals surface area contributed by atoms with Crippen LogP contribution in [-0.2, 0) is 11.3 Å². The Morgan fingerprint density at radius 2 is 1.92 bits per heavy atom. The smallest absolute Gasteiger partial charge is 0.191 e. The second-order valence-corrected chi connectivity index (χ2v) is 6.04. The zero-order chi connectivity index (χ0) is 17.6. The number of nitrogens with one attached hydrogen (secondary N) is 2. The van der Waals surface area contributed by atoms with E-state index in [1.807, 2.05) is 25.1 Å². The third kappa shape index (κ3) is 11.3. The van der Waals surface area contributed by atoms with Crippen molar-refractivity contribution in [2.24, 2.45) is 10.9 Å². The van der Waals surface area contributed by atoms with E-state index in [1.54, 1.807) is 7.05 Å². The Kier molecular flexibility index (Phi) is 14.6. The van der Waals surface area contributed by atoms with Crippen LogP contribution in [0.15, 0.2) is 29.3 Å². The van der Waals surface area contributed by atoms with Gasteiger partial charge in [0.15, 0.2) is 5.96 Å². The van der Waals surface area contributed by atoms with Crippen LogP contribution in [0, 0.1) is 5.92 Å². The Bertz CT molecular complexity index is 481. The molecule has 0 saturated heterocycles. The van der Waals surface area contributed by atoms with Crippen molar-refractivity contribution in [2.75, 3.05) is 33.4 Å². The van der Waals surface area contributed by atoms with Crippen LogP contribution >= 0.6 is 24.0 Å².